The molecule has 3 atom stereocenters. The summed E-state index contributed by atoms with van der Waals surface area (Å²) in [6.07, 6.45) is 10.1. The Labute approximate surface area is 120 Å². The number of likely N-dealkylation sites (tertiary alicyclic amines) is 1. The lowest BCUT2D eigenvalue weighted by Gasteiger charge is -2.45. The third-order valence-corrected chi connectivity index (χ3v) is 5.46. The molecule has 1 aliphatic carbocycles. The van der Waals surface area contributed by atoms with Gasteiger partial charge in [-0.2, -0.15) is 0 Å². The van der Waals surface area contributed by atoms with Gasteiger partial charge in [-0.1, -0.05) is 33.6 Å². The standard InChI is InChI=1S/C17H34N2/c1-17(2,3)16(18-4)11-13-19-12-7-9-14-8-5-6-10-15(14)19/h14-16,18H,5-13H2,1-4H3. The SMILES string of the molecule is CNC(CCN1CCCC2CCCCC21)C(C)(C)C. The summed E-state index contributed by atoms with van der Waals surface area (Å²) in [7, 11) is 2.12. The molecule has 0 aromatic carbocycles. The van der Waals surface area contributed by atoms with Gasteiger partial charge in [0.1, 0.15) is 0 Å². The number of nitrogens with zero attached hydrogens (tertiary/aromatic N) is 1. The average molecular weight is 266 g/mol. The van der Waals surface area contributed by atoms with Gasteiger partial charge in [-0.3, -0.25) is 0 Å². The van der Waals surface area contributed by atoms with Crippen LogP contribution >= 0.6 is 0 Å². The summed E-state index contributed by atoms with van der Waals surface area (Å²) in [6, 6.07) is 1.55. The molecule has 0 spiro atoms. The molecule has 2 nitrogen and oxygen atoms in total. The summed E-state index contributed by atoms with van der Waals surface area (Å²) in [5.41, 5.74) is 0.372. The van der Waals surface area contributed by atoms with Gasteiger partial charge in [0.2, 0.25) is 0 Å². The zero-order valence-corrected chi connectivity index (χ0v) is 13.5. The van der Waals surface area contributed by atoms with Crippen molar-refractivity contribution in [2.75, 3.05) is 20.1 Å². The van der Waals surface area contributed by atoms with E-state index in [2.05, 4.69) is 38.0 Å². The van der Waals surface area contributed by atoms with Crippen molar-refractivity contribution in [1.29, 1.82) is 0 Å². The minimum absolute atomic E-state index is 0.372. The lowest BCUT2D eigenvalue weighted by atomic mass is 9.78. The first-order valence-electron chi connectivity index (χ1n) is 8.43. The molecule has 1 saturated heterocycles. The molecule has 1 heterocycles. The van der Waals surface area contributed by atoms with Crippen LogP contribution in [-0.4, -0.2) is 37.1 Å². The highest BCUT2D eigenvalue weighted by Gasteiger charge is 2.33. The van der Waals surface area contributed by atoms with Gasteiger partial charge in [-0.25, -0.2) is 0 Å². The molecule has 2 heteroatoms. The molecule has 1 saturated carbocycles. The smallest absolute Gasteiger partial charge is 0.0125 e. The fourth-order valence-electron chi connectivity index (χ4n) is 4.31. The van der Waals surface area contributed by atoms with E-state index in [0.717, 1.165) is 12.0 Å². The van der Waals surface area contributed by atoms with Crippen LogP contribution in [0.5, 0.6) is 0 Å². The van der Waals surface area contributed by atoms with Crippen molar-refractivity contribution in [3.63, 3.8) is 0 Å². The van der Waals surface area contributed by atoms with E-state index < -0.39 is 0 Å². The Morgan fingerprint density at radius 2 is 1.79 bits per heavy atom. The molecule has 2 fully saturated rings. The predicted octanol–water partition coefficient (Wildman–Crippen LogP) is 3.67. The van der Waals surface area contributed by atoms with Crippen molar-refractivity contribution in [1.82, 2.24) is 10.2 Å². The first-order valence-corrected chi connectivity index (χ1v) is 8.43. The zero-order valence-electron chi connectivity index (χ0n) is 13.5. The fraction of sp³-hybridized carbons (Fsp3) is 1.00. The third-order valence-electron chi connectivity index (χ3n) is 5.46. The number of hydrogen-bond donors (Lipinski definition) is 1. The molecule has 0 aromatic heterocycles. The summed E-state index contributed by atoms with van der Waals surface area (Å²) in [5, 5.41) is 3.53. The van der Waals surface area contributed by atoms with Crippen LogP contribution in [0.3, 0.4) is 0 Å². The van der Waals surface area contributed by atoms with Crippen molar-refractivity contribution in [3.8, 4) is 0 Å². The maximum absolute atomic E-state index is 3.53. The summed E-state index contributed by atoms with van der Waals surface area (Å²) >= 11 is 0. The number of rotatable bonds is 4. The first-order chi connectivity index (χ1) is 9.02. The highest BCUT2D eigenvalue weighted by atomic mass is 15.2. The molecule has 2 aliphatic rings. The van der Waals surface area contributed by atoms with Crippen LogP contribution in [0.15, 0.2) is 0 Å². The third kappa shape index (κ3) is 3.95. The lowest BCUT2D eigenvalue weighted by molar-refractivity contribution is 0.0539. The largest absolute Gasteiger partial charge is 0.316 e. The number of nitrogens with one attached hydrogen (secondary N) is 1. The van der Waals surface area contributed by atoms with Gasteiger partial charge in [0.05, 0.1) is 0 Å². The summed E-state index contributed by atoms with van der Waals surface area (Å²) in [6.45, 7) is 9.71. The molecule has 0 radical (unpaired) electrons. The fourth-order valence-corrected chi connectivity index (χ4v) is 4.31. The lowest BCUT2D eigenvalue weighted by Crippen LogP contribution is -2.49. The Kier molecular flexibility index (Phi) is 5.30. The highest BCUT2D eigenvalue weighted by Crippen LogP contribution is 2.35. The van der Waals surface area contributed by atoms with Gasteiger partial charge in [0.15, 0.2) is 0 Å². The van der Waals surface area contributed by atoms with E-state index in [-0.39, 0.29) is 0 Å². The zero-order chi connectivity index (χ0) is 13.9. The van der Waals surface area contributed by atoms with E-state index in [4.69, 9.17) is 0 Å². The molecule has 19 heavy (non-hydrogen) atoms. The minimum atomic E-state index is 0.372. The van der Waals surface area contributed by atoms with Crippen LogP contribution in [0.4, 0.5) is 0 Å². The van der Waals surface area contributed by atoms with Gasteiger partial charge in [-0.05, 0) is 63.6 Å². The molecule has 1 N–H and O–H groups in total. The van der Waals surface area contributed by atoms with Crippen molar-refractivity contribution in [3.05, 3.63) is 0 Å². The normalized spacial score (nSPS) is 30.9. The van der Waals surface area contributed by atoms with E-state index in [1.165, 1.54) is 58.0 Å². The highest BCUT2D eigenvalue weighted by molar-refractivity contribution is 4.89. The van der Waals surface area contributed by atoms with Crippen LogP contribution < -0.4 is 5.32 Å². The summed E-state index contributed by atoms with van der Waals surface area (Å²) < 4.78 is 0. The average Bonchev–Trinajstić information content (AvgIpc) is 2.38. The molecule has 1 aliphatic heterocycles. The molecule has 0 aromatic rings. The van der Waals surface area contributed by atoms with E-state index in [9.17, 15) is 0 Å². The van der Waals surface area contributed by atoms with Gasteiger partial charge >= 0.3 is 0 Å². The number of piperidine rings is 1. The van der Waals surface area contributed by atoms with Gasteiger partial charge < -0.3 is 10.2 Å². The topological polar surface area (TPSA) is 15.3 Å². The maximum Gasteiger partial charge on any atom is 0.0125 e. The number of hydrogen-bond acceptors (Lipinski definition) is 2. The van der Waals surface area contributed by atoms with Crippen molar-refractivity contribution >= 4 is 0 Å². The van der Waals surface area contributed by atoms with Crippen LogP contribution in [0.2, 0.25) is 0 Å². The van der Waals surface area contributed by atoms with Crippen molar-refractivity contribution in [2.24, 2.45) is 11.3 Å². The summed E-state index contributed by atoms with van der Waals surface area (Å²) in [5.74, 6) is 1.02. The maximum atomic E-state index is 3.53. The van der Waals surface area contributed by atoms with Gasteiger partial charge in [0.25, 0.3) is 0 Å². The quantitative estimate of drug-likeness (QED) is 0.835. The number of fused-ring (bicyclic) bond motifs is 1. The Hall–Kier alpha value is -0.0800. The van der Waals surface area contributed by atoms with Gasteiger partial charge in [0, 0.05) is 12.1 Å². The molecule has 112 valence electrons. The molecule has 0 bridgehead atoms. The van der Waals surface area contributed by atoms with Crippen LogP contribution in [0.25, 0.3) is 0 Å². The molecular weight excluding hydrogens is 232 g/mol. The monoisotopic (exact) mass is 266 g/mol. The van der Waals surface area contributed by atoms with Crippen molar-refractivity contribution in [2.45, 2.75) is 77.8 Å². The Balaban J connectivity index is 1.87. The Morgan fingerprint density at radius 3 is 2.47 bits per heavy atom. The molecular formula is C17H34N2. The second kappa shape index (κ2) is 6.58. The van der Waals surface area contributed by atoms with Gasteiger partial charge in [-0.15, -0.1) is 0 Å². The first kappa shape index (κ1) is 15.3. The molecule has 2 rings (SSSR count). The van der Waals surface area contributed by atoms with E-state index in [1.54, 1.807) is 0 Å². The van der Waals surface area contributed by atoms with Crippen LogP contribution in [0.1, 0.15) is 65.7 Å². The van der Waals surface area contributed by atoms with E-state index >= 15 is 0 Å². The Bertz CT molecular complexity index is 267. The van der Waals surface area contributed by atoms with E-state index in [0.29, 0.717) is 11.5 Å². The minimum Gasteiger partial charge on any atom is -0.316 e. The second-order valence-corrected chi connectivity index (χ2v) is 7.79. The predicted molar refractivity (Wildman–Crippen MR) is 83.5 cm³/mol. The van der Waals surface area contributed by atoms with Crippen molar-refractivity contribution < 1.29 is 0 Å². The molecule has 3 unspecified atom stereocenters. The van der Waals surface area contributed by atoms with Crippen LogP contribution in [-0.2, 0) is 0 Å². The van der Waals surface area contributed by atoms with E-state index in [1.807, 2.05) is 0 Å². The summed E-state index contributed by atoms with van der Waals surface area (Å²) in [4.78, 5) is 2.82. The van der Waals surface area contributed by atoms with Crippen LogP contribution in [0, 0.1) is 11.3 Å². The second-order valence-electron chi connectivity index (χ2n) is 7.79. The molecule has 0 amide bonds. The Morgan fingerprint density at radius 1 is 1.11 bits per heavy atom.